The van der Waals surface area contributed by atoms with Gasteiger partial charge in [0.1, 0.15) is 17.1 Å². The van der Waals surface area contributed by atoms with Gasteiger partial charge in [-0.05, 0) is 18.6 Å². The van der Waals surface area contributed by atoms with Gasteiger partial charge in [-0.2, -0.15) is 5.10 Å². The highest BCUT2D eigenvalue weighted by Gasteiger charge is 2.17. The highest BCUT2D eigenvalue weighted by atomic mass is 19.1. The number of aromatic nitrogens is 2. The fourth-order valence-electron chi connectivity index (χ4n) is 1.86. The fraction of sp³-hybridized carbons (Fsp3) is 0.286. The van der Waals surface area contributed by atoms with Crippen LogP contribution in [0.15, 0.2) is 30.5 Å². The number of hydrogen-bond donors (Lipinski definition) is 1. The second-order valence-electron chi connectivity index (χ2n) is 4.32. The average molecular weight is 262 g/mol. The molecule has 0 spiro atoms. The van der Waals surface area contributed by atoms with Gasteiger partial charge in [-0.25, -0.2) is 9.18 Å². The topological polar surface area (TPSA) is 55.1 Å². The van der Waals surface area contributed by atoms with Crippen molar-refractivity contribution in [3.63, 3.8) is 0 Å². The number of carboxylic acid groups (broad SMARTS) is 1. The molecule has 0 saturated heterocycles. The molecule has 19 heavy (non-hydrogen) atoms. The fourth-order valence-corrected chi connectivity index (χ4v) is 1.86. The summed E-state index contributed by atoms with van der Waals surface area (Å²) in [6.45, 7) is 2.71. The standard InChI is InChI=1S/C14H15FN2O2/c1-2-3-7-17-9-12(14(18)19)13(16-17)10-5-4-6-11(15)8-10/h4-6,8-9H,2-3,7H2,1H3,(H,18,19). The van der Waals surface area contributed by atoms with Crippen LogP contribution in [-0.2, 0) is 6.54 Å². The van der Waals surface area contributed by atoms with Gasteiger partial charge in [-0.1, -0.05) is 25.5 Å². The summed E-state index contributed by atoms with van der Waals surface area (Å²) in [6, 6.07) is 5.81. The van der Waals surface area contributed by atoms with E-state index in [2.05, 4.69) is 12.0 Å². The van der Waals surface area contributed by atoms with E-state index >= 15 is 0 Å². The smallest absolute Gasteiger partial charge is 0.339 e. The minimum atomic E-state index is -1.05. The van der Waals surface area contributed by atoms with Crippen molar-refractivity contribution < 1.29 is 14.3 Å². The third kappa shape index (κ3) is 2.99. The SMILES string of the molecule is CCCCn1cc(C(=O)O)c(-c2cccc(F)c2)n1. The number of nitrogens with zero attached hydrogens (tertiary/aromatic N) is 2. The Balaban J connectivity index is 2.43. The minimum absolute atomic E-state index is 0.0988. The molecule has 1 heterocycles. The first-order valence-corrected chi connectivity index (χ1v) is 6.18. The molecule has 0 atom stereocenters. The van der Waals surface area contributed by atoms with Crippen LogP contribution in [0.1, 0.15) is 30.1 Å². The lowest BCUT2D eigenvalue weighted by atomic mass is 10.1. The Labute approximate surface area is 110 Å². The van der Waals surface area contributed by atoms with E-state index < -0.39 is 11.8 Å². The van der Waals surface area contributed by atoms with E-state index in [1.165, 1.54) is 18.3 Å². The van der Waals surface area contributed by atoms with Crippen LogP contribution in [0.5, 0.6) is 0 Å². The molecule has 0 bridgehead atoms. The van der Waals surface area contributed by atoms with E-state index in [1.54, 1.807) is 16.8 Å². The molecule has 0 radical (unpaired) electrons. The van der Waals surface area contributed by atoms with Crippen LogP contribution in [0.4, 0.5) is 4.39 Å². The van der Waals surface area contributed by atoms with Gasteiger partial charge in [-0.15, -0.1) is 0 Å². The van der Waals surface area contributed by atoms with Crippen molar-refractivity contribution in [1.29, 1.82) is 0 Å². The Hall–Kier alpha value is -2.17. The number of unbranched alkanes of at least 4 members (excludes halogenated alkanes) is 1. The Morgan fingerprint density at radius 3 is 2.89 bits per heavy atom. The second-order valence-corrected chi connectivity index (χ2v) is 4.32. The van der Waals surface area contributed by atoms with E-state index in [0.29, 0.717) is 17.8 Å². The average Bonchev–Trinajstić information content (AvgIpc) is 2.80. The molecule has 0 unspecified atom stereocenters. The van der Waals surface area contributed by atoms with Crippen molar-refractivity contribution in [2.45, 2.75) is 26.3 Å². The first-order chi connectivity index (χ1) is 9.11. The van der Waals surface area contributed by atoms with E-state index in [0.717, 1.165) is 12.8 Å². The highest BCUT2D eigenvalue weighted by Crippen LogP contribution is 2.23. The molecule has 1 aromatic heterocycles. The third-order valence-corrected chi connectivity index (χ3v) is 2.83. The summed E-state index contributed by atoms with van der Waals surface area (Å²) < 4.78 is 14.8. The number of aryl methyl sites for hydroxylation is 1. The highest BCUT2D eigenvalue weighted by molar-refractivity contribution is 5.94. The van der Waals surface area contributed by atoms with Gasteiger partial charge >= 0.3 is 5.97 Å². The van der Waals surface area contributed by atoms with Gasteiger partial charge in [0.25, 0.3) is 0 Å². The summed E-state index contributed by atoms with van der Waals surface area (Å²) >= 11 is 0. The van der Waals surface area contributed by atoms with Gasteiger partial charge in [0.05, 0.1) is 0 Å². The first kappa shape index (κ1) is 13.3. The van der Waals surface area contributed by atoms with Crippen LogP contribution in [0.2, 0.25) is 0 Å². The van der Waals surface area contributed by atoms with E-state index in [-0.39, 0.29) is 5.56 Å². The second kappa shape index (κ2) is 5.65. The predicted molar refractivity (Wildman–Crippen MR) is 69.5 cm³/mol. The van der Waals surface area contributed by atoms with Gasteiger partial charge in [0.15, 0.2) is 0 Å². The van der Waals surface area contributed by atoms with Crippen molar-refractivity contribution in [2.75, 3.05) is 0 Å². The van der Waals surface area contributed by atoms with Gasteiger partial charge < -0.3 is 5.11 Å². The van der Waals surface area contributed by atoms with Crippen molar-refractivity contribution in [3.8, 4) is 11.3 Å². The Morgan fingerprint density at radius 1 is 1.47 bits per heavy atom. The van der Waals surface area contributed by atoms with Gasteiger partial charge in [0.2, 0.25) is 0 Å². The minimum Gasteiger partial charge on any atom is -0.478 e. The zero-order chi connectivity index (χ0) is 13.8. The molecule has 100 valence electrons. The van der Waals surface area contributed by atoms with Crippen LogP contribution in [0, 0.1) is 5.82 Å². The van der Waals surface area contributed by atoms with E-state index in [1.807, 2.05) is 0 Å². The maximum Gasteiger partial charge on any atom is 0.339 e. The monoisotopic (exact) mass is 262 g/mol. The molecule has 2 aromatic rings. The number of carbonyl (C=O) groups is 1. The molecule has 0 aliphatic carbocycles. The quantitative estimate of drug-likeness (QED) is 0.900. The molecular weight excluding hydrogens is 247 g/mol. The van der Waals surface area contributed by atoms with Crippen molar-refractivity contribution in [2.24, 2.45) is 0 Å². The predicted octanol–water partition coefficient (Wildman–Crippen LogP) is 3.19. The molecule has 2 rings (SSSR count). The summed E-state index contributed by atoms with van der Waals surface area (Å²) in [4.78, 5) is 11.2. The van der Waals surface area contributed by atoms with Crippen LogP contribution >= 0.6 is 0 Å². The van der Waals surface area contributed by atoms with Gasteiger partial charge in [0, 0.05) is 18.3 Å². The molecular formula is C14H15FN2O2. The molecule has 1 aromatic carbocycles. The molecule has 0 aliphatic rings. The third-order valence-electron chi connectivity index (χ3n) is 2.83. The zero-order valence-corrected chi connectivity index (χ0v) is 10.6. The van der Waals surface area contributed by atoms with Crippen molar-refractivity contribution in [3.05, 3.63) is 41.8 Å². The lowest BCUT2D eigenvalue weighted by Crippen LogP contribution is -1.98. The normalized spacial score (nSPS) is 10.6. The molecule has 4 nitrogen and oxygen atoms in total. The first-order valence-electron chi connectivity index (χ1n) is 6.18. The van der Waals surface area contributed by atoms with Crippen LogP contribution in [0.3, 0.4) is 0 Å². The van der Waals surface area contributed by atoms with Crippen LogP contribution in [-0.4, -0.2) is 20.9 Å². The van der Waals surface area contributed by atoms with Gasteiger partial charge in [-0.3, -0.25) is 4.68 Å². The summed E-state index contributed by atoms with van der Waals surface area (Å²) in [5.74, 6) is -1.46. The molecule has 0 fully saturated rings. The van der Waals surface area contributed by atoms with Crippen LogP contribution < -0.4 is 0 Å². The molecule has 0 aliphatic heterocycles. The summed E-state index contributed by atoms with van der Waals surface area (Å²) in [5, 5.41) is 13.4. The molecule has 1 N–H and O–H groups in total. The number of rotatable bonds is 5. The summed E-state index contributed by atoms with van der Waals surface area (Å²) in [7, 11) is 0. The van der Waals surface area contributed by atoms with E-state index in [4.69, 9.17) is 0 Å². The lowest BCUT2D eigenvalue weighted by Gasteiger charge is -1.99. The molecule has 0 amide bonds. The zero-order valence-electron chi connectivity index (χ0n) is 10.6. The number of hydrogen-bond acceptors (Lipinski definition) is 2. The Kier molecular flexibility index (Phi) is 3.94. The van der Waals surface area contributed by atoms with Crippen molar-refractivity contribution in [1.82, 2.24) is 9.78 Å². The van der Waals surface area contributed by atoms with Crippen molar-refractivity contribution >= 4 is 5.97 Å². The lowest BCUT2D eigenvalue weighted by molar-refractivity contribution is 0.0697. The summed E-state index contributed by atoms with van der Waals surface area (Å²) in [6.07, 6.45) is 3.42. The maximum absolute atomic E-state index is 13.2. The number of carboxylic acids is 1. The maximum atomic E-state index is 13.2. The molecule has 0 saturated carbocycles. The number of benzene rings is 1. The number of aromatic carboxylic acids is 1. The van der Waals surface area contributed by atoms with Crippen LogP contribution in [0.25, 0.3) is 11.3 Å². The Bertz CT molecular complexity index is 593. The Morgan fingerprint density at radius 2 is 2.26 bits per heavy atom. The summed E-state index contributed by atoms with van der Waals surface area (Å²) in [5.41, 5.74) is 0.887. The largest absolute Gasteiger partial charge is 0.478 e. The van der Waals surface area contributed by atoms with E-state index in [9.17, 15) is 14.3 Å². The molecule has 5 heteroatoms. The number of halogens is 1.